The Bertz CT molecular complexity index is 298. The van der Waals surface area contributed by atoms with E-state index >= 15 is 0 Å². The Morgan fingerprint density at radius 2 is 1.93 bits per heavy atom. The van der Waals surface area contributed by atoms with E-state index in [4.69, 9.17) is 0 Å². The SMILES string of the molecule is COC(=O)C(=O)CC(=O)C1CC1(F)F. The lowest BCUT2D eigenvalue weighted by atomic mass is 10.1. The summed E-state index contributed by atoms with van der Waals surface area (Å²) in [5.74, 6) is -7.54. The van der Waals surface area contributed by atoms with Crippen molar-refractivity contribution < 1.29 is 27.9 Å². The fourth-order valence-electron chi connectivity index (χ4n) is 1.03. The number of rotatable bonds is 4. The Morgan fingerprint density at radius 3 is 2.29 bits per heavy atom. The summed E-state index contributed by atoms with van der Waals surface area (Å²) < 4.78 is 28.7. The quantitative estimate of drug-likeness (QED) is 0.378. The molecule has 1 fully saturated rings. The molecule has 1 saturated carbocycles. The molecule has 0 aliphatic heterocycles. The molecule has 4 nitrogen and oxygen atoms in total. The summed E-state index contributed by atoms with van der Waals surface area (Å²) in [6, 6.07) is 0. The summed E-state index contributed by atoms with van der Waals surface area (Å²) >= 11 is 0. The van der Waals surface area contributed by atoms with E-state index in [1.807, 2.05) is 0 Å². The predicted molar refractivity (Wildman–Crippen MR) is 39.7 cm³/mol. The van der Waals surface area contributed by atoms with Gasteiger partial charge in [-0.2, -0.15) is 0 Å². The lowest BCUT2D eigenvalue weighted by Gasteiger charge is -1.97. The van der Waals surface area contributed by atoms with E-state index in [1.165, 1.54) is 0 Å². The monoisotopic (exact) mass is 206 g/mol. The first-order chi connectivity index (χ1) is 6.38. The number of hydrogen-bond acceptors (Lipinski definition) is 4. The maximum Gasteiger partial charge on any atom is 0.374 e. The van der Waals surface area contributed by atoms with Gasteiger partial charge in [0.1, 0.15) is 5.78 Å². The smallest absolute Gasteiger partial charge is 0.374 e. The van der Waals surface area contributed by atoms with E-state index in [-0.39, 0.29) is 0 Å². The molecule has 1 unspecified atom stereocenters. The molecule has 6 heteroatoms. The van der Waals surface area contributed by atoms with Gasteiger partial charge in [0.2, 0.25) is 5.78 Å². The molecule has 0 aromatic carbocycles. The maximum atomic E-state index is 12.3. The van der Waals surface area contributed by atoms with Gasteiger partial charge in [0, 0.05) is 6.42 Å². The van der Waals surface area contributed by atoms with Crippen LogP contribution in [0.4, 0.5) is 8.78 Å². The first-order valence-electron chi connectivity index (χ1n) is 3.90. The second kappa shape index (κ2) is 3.43. The molecule has 0 bridgehead atoms. The van der Waals surface area contributed by atoms with Crippen LogP contribution in [0.25, 0.3) is 0 Å². The molecule has 0 radical (unpaired) electrons. The molecule has 1 aliphatic carbocycles. The van der Waals surface area contributed by atoms with Gasteiger partial charge in [0.05, 0.1) is 19.4 Å². The van der Waals surface area contributed by atoms with Crippen molar-refractivity contribution in [3.63, 3.8) is 0 Å². The van der Waals surface area contributed by atoms with Crippen molar-refractivity contribution >= 4 is 17.5 Å². The summed E-state index contributed by atoms with van der Waals surface area (Å²) in [7, 11) is 0.983. The summed E-state index contributed by atoms with van der Waals surface area (Å²) in [4.78, 5) is 32.3. The van der Waals surface area contributed by atoms with Crippen molar-refractivity contribution in [2.45, 2.75) is 18.8 Å². The lowest BCUT2D eigenvalue weighted by Crippen LogP contribution is -2.21. The van der Waals surface area contributed by atoms with Gasteiger partial charge in [-0.1, -0.05) is 0 Å². The molecular formula is C8H8F2O4. The molecule has 0 aromatic rings. The van der Waals surface area contributed by atoms with Crippen LogP contribution in [0.1, 0.15) is 12.8 Å². The highest BCUT2D eigenvalue weighted by Gasteiger charge is 2.60. The average Bonchev–Trinajstić information content (AvgIpc) is 2.73. The fourth-order valence-corrected chi connectivity index (χ4v) is 1.03. The first kappa shape index (κ1) is 10.7. The summed E-state index contributed by atoms with van der Waals surface area (Å²) in [5, 5.41) is 0. The largest absolute Gasteiger partial charge is 0.463 e. The zero-order valence-electron chi connectivity index (χ0n) is 7.38. The van der Waals surface area contributed by atoms with Crippen molar-refractivity contribution in [2.75, 3.05) is 7.11 Å². The summed E-state index contributed by atoms with van der Waals surface area (Å²) in [5.41, 5.74) is 0. The molecule has 1 aliphatic rings. The molecule has 0 heterocycles. The van der Waals surface area contributed by atoms with Gasteiger partial charge in [-0.3, -0.25) is 9.59 Å². The van der Waals surface area contributed by atoms with Gasteiger partial charge in [0.25, 0.3) is 5.92 Å². The van der Waals surface area contributed by atoms with E-state index in [9.17, 15) is 23.2 Å². The maximum absolute atomic E-state index is 12.3. The average molecular weight is 206 g/mol. The minimum atomic E-state index is -2.99. The molecule has 0 N–H and O–H groups in total. The number of alkyl halides is 2. The van der Waals surface area contributed by atoms with Crippen LogP contribution in [-0.4, -0.2) is 30.6 Å². The van der Waals surface area contributed by atoms with Crippen molar-refractivity contribution in [3.8, 4) is 0 Å². The minimum absolute atomic E-state index is 0.527. The number of carbonyl (C=O) groups excluding carboxylic acids is 3. The third-order valence-corrected chi connectivity index (χ3v) is 1.96. The Labute approximate surface area is 78.2 Å². The zero-order valence-corrected chi connectivity index (χ0v) is 7.38. The Hall–Kier alpha value is -1.33. The fraction of sp³-hybridized carbons (Fsp3) is 0.625. The summed E-state index contributed by atoms with van der Waals surface area (Å²) in [6.07, 6.45) is -1.33. The molecule has 78 valence electrons. The van der Waals surface area contributed by atoms with E-state index in [0.29, 0.717) is 0 Å². The van der Waals surface area contributed by atoms with Crippen LogP contribution in [0.15, 0.2) is 0 Å². The van der Waals surface area contributed by atoms with Crippen molar-refractivity contribution in [1.82, 2.24) is 0 Å². The van der Waals surface area contributed by atoms with Gasteiger partial charge in [-0.05, 0) is 0 Å². The molecule has 0 saturated heterocycles. The van der Waals surface area contributed by atoms with Crippen LogP contribution in [0, 0.1) is 5.92 Å². The number of halogens is 2. The van der Waals surface area contributed by atoms with Crippen molar-refractivity contribution in [2.24, 2.45) is 5.92 Å². The van der Waals surface area contributed by atoms with E-state index < -0.39 is 42.2 Å². The van der Waals surface area contributed by atoms with Crippen LogP contribution in [0.5, 0.6) is 0 Å². The molecule has 14 heavy (non-hydrogen) atoms. The van der Waals surface area contributed by atoms with E-state index in [2.05, 4.69) is 4.74 Å². The number of Topliss-reactive ketones (excluding diaryl/α,β-unsaturated/α-hetero) is 2. The highest BCUT2D eigenvalue weighted by atomic mass is 19.3. The van der Waals surface area contributed by atoms with Crippen LogP contribution in [-0.2, 0) is 19.1 Å². The normalized spacial score (nSPS) is 22.6. The minimum Gasteiger partial charge on any atom is -0.463 e. The Morgan fingerprint density at radius 1 is 1.43 bits per heavy atom. The van der Waals surface area contributed by atoms with Crippen LogP contribution >= 0.6 is 0 Å². The molecule has 1 rings (SSSR count). The van der Waals surface area contributed by atoms with E-state index in [1.54, 1.807) is 0 Å². The topological polar surface area (TPSA) is 60.4 Å². The highest BCUT2D eigenvalue weighted by molar-refractivity contribution is 6.37. The molecule has 0 aromatic heterocycles. The van der Waals surface area contributed by atoms with Gasteiger partial charge in [-0.25, -0.2) is 13.6 Å². The lowest BCUT2D eigenvalue weighted by molar-refractivity contribution is -0.152. The van der Waals surface area contributed by atoms with Crippen LogP contribution < -0.4 is 0 Å². The van der Waals surface area contributed by atoms with Crippen molar-refractivity contribution in [3.05, 3.63) is 0 Å². The molecule has 1 atom stereocenters. The number of ketones is 2. The zero-order chi connectivity index (χ0) is 10.9. The predicted octanol–water partition coefficient (Wildman–Crippen LogP) is 0.343. The third-order valence-electron chi connectivity index (χ3n) is 1.96. The van der Waals surface area contributed by atoms with Crippen LogP contribution in [0.3, 0.4) is 0 Å². The standard InChI is InChI=1S/C8H8F2O4/c1-14-7(13)6(12)2-5(11)4-3-8(4,9)10/h4H,2-3H2,1H3. The number of carbonyl (C=O) groups is 3. The first-order valence-corrected chi connectivity index (χ1v) is 3.90. The summed E-state index contributed by atoms with van der Waals surface area (Å²) in [6.45, 7) is 0. The third kappa shape index (κ3) is 2.12. The van der Waals surface area contributed by atoms with E-state index in [0.717, 1.165) is 7.11 Å². The second-order valence-electron chi connectivity index (χ2n) is 3.08. The van der Waals surface area contributed by atoms with Gasteiger partial charge < -0.3 is 4.74 Å². The van der Waals surface area contributed by atoms with Crippen molar-refractivity contribution in [1.29, 1.82) is 0 Å². The number of methoxy groups -OCH3 is 1. The van der Waals surface area contributed by atoms with Gasteiger partial charge >= 0.3 is 5.97 Å². The van der Waals surface area contributed by atoms with Gasteiger partial charge in [0.15, 0.2) is 0 Å². The number of ether oxygens (including phenoxy) is 1. The molecule has 0 amide bonds. The molecular weight excluding hydrogens is 198 g/mol. The second-order valence-corrected chi connectivity index (χ2v) is 3.08. The number of hydrogen-bond donors (Lipinski definition) is 0. The Balaban J connectivity index is 2.43. The highest BCUT2D eigenvalue weighted by Crippen LogP contribution is 2.49. The number of esters is 1. The van der Waals surface area contributed by atoms with Crippen LogP contribution in [0.2, 0.25) is 0 Å². The Kier molecular flexibility index (Phi) is 2.64. The van der Waals surface area contributed by atoms with Gasteiger partial charge in [-0.15, -0.1) is 0 Å². The molecule has 0 spiro atoms.